The van der Waals surface area contributed by atoms with Crippen LogP contribution in [0.4, 0.5) is 17.6 Å². The number of esters is 1. The van der Waals surface area contributed by atoms with Crippen LogP contribution in [-0.2, 0) is 9.53 Å². The smallest absolute Gasteiger partial charge is 0.440 e. The number of carbonyl (C=O) groups excluding carboxylic acids is 1. The highest BCUT2D eigenvalue weighted by Gasteiger charge is 2.62. The lowest BCUT2D eigenvalue weighted by atomic mass is 10.1. The van der Waals surface area contributed by atoms with E-state index in [0.29, 0.717) is 11.8 Å². The van der Waals surface area contributed by atoms with Crippen LogP contribution < -0.4 is 4.74 Å². The van der Waals surface area contributed by atoms with Crippen LogP contribution in [0.15, 0.2) is 60.4 Å². The zero-order valence-electron chi connectivity index (χ0n) is 16.6. The number of benzene rings is 1. The Bertz CT molecular complexity index is 1030. The molecule has 0 radical (unpaired) electrons. The number of para-hydroxylation sites is 1. The quantitative estimate of drug-likeness (QED) is 0.433. The van der Waals surface area contributed by atoms with Gasteiger partial charge in [0.15, 0.2) is 5.83 Å². The fourth-order valence-electron chi connectivity index (χ4n) is 3.28. The second-order valence-electron chi connectivity index (χ2n) is 7.60. The molecule has 1 aromatic heterocycles. The third kappa shape index (κ3) is 5.02. The molecule has 1 saturated carbocycles. The Labute approximate surface area is 175 Å². The van der Waals surface area contributed by atoms with Gasteiger partial charge in [0.2, 0.25) is 12.0 Å². The Morgan fingerprint density at radius 1 is 1.19 bits per heavy atom. The number of pyridine rings is 1. The molecule has 0 aliphatic heterocycles. The second kappa shape index (κ2) is 8.38. The fraction of sp³-hybridized carbons (Fsp3) is 0.318. The molecule has 1 heterocycles. The molecule has 1 fully saturated rings. The second-order valence-corrected chi connectivity index (χ2v) is 7.60. The molecule has 1 aromatic carbocycles. The standard InChI is InChI=1S/C22H18F4N2O3/c1-21(2)14(11-17(23)22(24,25)26)19(21)20(29)31-16(12-27)15-9-6-10-18(28-15)30-13-7-4-3-5-8-13/h3-11,14,16,19H,1-2H3/t14-,16?,19-/m1/s1. The summed E-state index contributed by atoms with van der Waals surface area (Å²) in [5.41, 5.74) is -0.845. The normalized spacial score (nSPS) is 21.0. The molecular weight excluding hydrogens is 416 g/mol. The van der Waals surface area contributed by atoms with Gasteiger partial charge in [-0.3, -0.25) is 4.79 Å². The summed E-state index contributed by atoms with van der Waals surface area (Å²) in [6.45, 7) is 3.05. The van der Waals surface area contributed by atoms with Gasteiger partial charge in [-0.25, -0.2) is 9.37 Å². The predicted molar refractivity (Wildman–Crippen MR) is 101 cm³/mol. The van der Waals surface area contributed by atoms with E-state index < -0.39 is 41.3 Å². The van der Waals surface area contributed by atoms with E-state index in [4.69, 9.17) is 9.47 Å². The van der Waals surface area contributed by atoms with Gasteiger partial charge in [0.25, 0.3) is 0 Å². The summed E-state index contributed by atoms with van der Waals surface area (Å²) in [4.78, 5) is 16.7. The van der Waals surface area contributed by atoms with Crippen molar-refractivity contribution in [2.24, 2.45) is 17.3 Å². The number of allylic oxidation sites excluding steroid dienone is 2. The summed E-state index contributed by atoms with van der Waals surface area (Å²) in [7, 11) is 0. The molecule has 0 bridgehead atoms. The molecule has 1 aliphatic carbocycles. The van der Waals surface area contributed by atoms with Crippen LogP contribution >= 0.6 is 0 Å². The molecule has 0 amide bonds. The Kier molecular flexibility index (Phi) is 6.02. The van der Waals surface area contributed by atoms with E-state index in [1.54, 1.807) is 42.5 Å². The van der Waals surface area contributed by atoms with Gasteiger partial charge >= 0.3 is 12.1 Å². The SMILES string of the molecule is CC1(C)[C@H](C=C(F)C(F)(F)F)[C@@H]1C(=O)OC(C#N)c1cccc(Oc2ccccc2)n1. The maximum Gasteiger partial charge on any atom is 0.442 e. The van der Waals surface area contributed by atoms with Crippen LogP contribution in [0.1, 0.15) is 25.6 Å². The van der Waals surface area contributed by atoms with Crippen molar-refractivity contribution in [3.63, 3.8) is 0 Å². The highest BCUT2D eigenvalue weighted by atomic mass is 19.4. The van der Waals surface area contributed by atoms with Crippen LogP contribution in [0.2, 0.25) is 0 Å². The maximum absolute atomic E-state index is 13.3. The number of nitriles is 1. The summed E-state index contributed by atoms with van der Waals surface area (Å²) in [5, 5.41) is 9.43. The van der Waals surface area contributed by atoms with Gasteiger partial charge in [-0.05, 0) is 35.6 Å². The van der Waals surface area contributed by atoms with Crippen molar-refractivity contribution in [2.45, 2.75) is 26.1 Å². The number of hydrogen-bond acceptors (Lipinski definition) is 5. The molecule has 0 saturated heterocycles. The molecule has 31 heavy (non-hydrogen) atoms. The van der Waals surface area contributed by atoms with Crippen molar-refractivity contribution in [2.75, 3.05) is 0 Å². The Balaban J connectivity index is 1.72. The predicted octanol–water partition coefficient (Wildman–Crippen LogP) is 5.67. The van der Waals surface area contributed by atoms with E-state index in [2.05, 4.69) is 4.98 Å². The topological polar surface area (TPSA) is 72.2 Å². The van der Waals surface area contributed by atoms with Crippen LogP contribution in [0.3, 0.4) is 0 Å². The zero-order chi connectivity index (χ0) is 22.8. The fourth-order valence-corrected chi connectivity index (χ4v) is 3.28. The minimum Gasteiger partial charge on any atom is -0.440 e. The van der Waals surface area contributed by atoms with Gasteiger partial charge in [-0.1, -0.05) is 38.1 Å². The molecule has 2 aromatic rings. The molecule has 9 heteroatoms. The van der Waals surface area contributed by atoms with Gasteiger partial charge in [0.05, 0.1) is 11.6 Å². The van der Waals surface area contributed by atoms with Gasteiger partial charge < -0.3 is 9.47 Å². The molecule has 5 nitrogen and oxygen atoms in total. The number of rotatable bonds is 6. The minimum absolute atomic E-state index is 0.0938. The molecule has 3 atom stereocenters. The number of halogens is 4. The summed E-state index contributed by atoms with van der Waals surface area (Å²) in [6.07, 6.45) is -6.13. The van der Waals surface area contributed by atoms with E-state index in [-0.39, 0.29) is 11.6 Å². The summed E-state index contributed by atoms with van der Waals surface area (Å²) >= 11 is 0. The first-order valence-electron chi connectivity index (χ1n) is 9.28. The van der Waals surface area contributed by atoms with Gasteiger partial charge in [0.1, 0.15) is 11.8 Å². The van der Waals surface area contributed by atoms with Crippen molar-refractivity contribution in [3.8, 4) is 17.7 Å². The van der Waals surface area contributed by atoms with Crippen molar-refractivity contribution in [1.82, 2.24) is 4.98 Å². The van der Waals surface area contributed by atoms with E-state index >= 15 is 0 Å². The summed E-state index contributed by atoms with van der Waals surface area (Å²) in [5.74, 6) is -4.49. The number of nitrogens with zero attached hydrogens (tertiary/aromatic N) is 2. The third-order valence-corrected chi connectivity index (χ3v) is 5.09. The number of ether oxygens (including phenoxy) is 2. The number of aromatic nitrogens is 1. The lowest BCUT2D eigenvalue weighted by molar-refractivity contribution is -0.149. The van der Waals surface area contributed by atoms with Crippen LogP contribution in [0.5, 0.6) is 11.6 Å². The first-order chi connectivity index (χ1) is 14.5. The van der Waals surface area contributed by atoms with E-state index in [1.807, 2.05) is 6.07 Å². The average molecular weight is 434 g/mol. The minimum atomic E-state index is -5.12. The van der Waals surface area contributed by atoms with Crippen molar-refractivity contribution in [3.05, 3.63) is 66.1 Å². The third-order valence-electron chi connectivity index (χ3n) is 5.09. The van der Waals surface area contributed by atoms with E-state index in [1.165, 1.54) is 19.9 Å². The van der Waals surface area contributed by atoms with Crippen molar-refractivity contribution < 1.29 is 31.8 Å². The molecule has 3 rings (SSSR count). The zero-order valence-corrected chi connectivity index (χ0v) is 16.6. The highest BCUT2D eigenvalue weighted by Crippen LogP contribution is 2.60. The van der Waals surface area contributed by atoms with Crippen molar-refractivity contribution >= 4 is 5.97 Å². The van der Waals surface area contributed by atoms with Gasteiger partial charge in [-0.2, -0.15) is 18.4 Å². The first kappa shape index (κ1) is 22.3. The number of alkyl halides is 3. The van der Waals surface area contributed by atoms with Crippen LogP contribution in [-0.4, -0.2) is 17.1 Å². The Morgan fingerprint density at radius 3 is 2.48 bits per heavy atom. The summed E-state index contributed by atoms with van der Waals surface area (Å²) in [6, 6.07) is 15.1. The Hall–Kier alpha value is -3.41. The first-order valence-corrected chi connectivity index (χ1v) is 9.28. The molecule has 1 aliphatic rings. The lowest BCUT2D eigenvalue weighted by Crippen LogP contribution is -2.15. The van der Waals surface area contributed by atoms with Crippen LogP contribution in [0.25, 0.3) is 0 Å². The molecule has 0 N–H and O–H groups in total. The van der Waals surface area contributed by atoms with Crippen LogP contribution in [0, 0.1) is 28.6 Å². The Morgan fingerprint density at radius 2 is 1.87 bits per heavy atom. The molecule has 162 valence electrons. The number of carbonyl (C=O) groups is 1. The monoisotopic (exact) mass is 434 g/mol. The van der Waals surface area contributed by atoms with E-state index in [9.17, 15) is 27.6 Å². The molecule has 1 unspecified atom stereocenters. The maximum atomic E-state index is 13.3. The van der Waals surface area contributed by atoms with E-state index in [0.717, 1.165) is 0 Å². The van der Waals surface area contributed by atoms with Gasteiger partial charge in [-0.15, -0.1) is 0 Å². The number of hydrogen-bond donors (Lipinski definition) is 0. The van der Waals surface area contributed by atoms with Gasteiger partial charge in [0, 0.05) is 6.07 Å². The average Bonchev–Trinajstić information content (AvgIpc) is 3.26. The van der Waals surface area contributed by atoms with Crippen molar-refractivity contribution in [1.29, 1.82) is 5.26 Å². The molecular formula is C22H18F4N2O3. The largest absolute Gasteiger partial charge is 0.442 e. The summed E-state index contributed by atoms with van der Waals surface area (Å²) < 4.78 is 61.5. The lowest BCUT2D eigenvalue weighted by Gasteiger charge is -2.12. The molecule has 0 spiro atoms. The highest BCUT2D eigenvalue weighted by molar-refractivity contribution is 5.78.